The van der Waals surface area contributed by atoms with Crippen molar-refractivity contribution in [3.63, 3.8) is 0 Å². The maximum Gasteiger partial charge on any atom is 0.256 e. The molecular weight excluding hydrogens is 280 g/mol. The Morgan fingerprint density at radius 1 is 1.32 bits per heavy atom. The predicted octanol–water partition coefficient (Wildman–Crippen LogP) is 3.71. The number of carbonyl (C=O) groups excluding carboxylic acids is 1. The van der Waals surface area contributed by atoms with Crippen LogP contribution in [-0.4, -0.2) is 30.2 Å². The number of pyridine rings is 1. The average molecular weight is 308 g/mol. The van der Waals surface area contributed by atoms with Gasteiger partial charge in [0.1, 0.15) is 5.60 Å². The zero-order valence-corrected chi connectivity index (χ0v) is 14.4. The van der Waals surface area contributed by atoms with Gasteiger partial charge in [-0.1, -0.05) is 26.2 Å². The number of hydrogen-bond donors (Lipinski definition) is 1. The Morgan fingerprint density at radius 3 is 2.59 bits per heavy atom. The minimum absolute atomic E-state index is 0.139. The van der Waals surface area contributed by atoms with Gasteiger partial charge in [-0.3, -0.25) is 4.79 Å². The van der Waals surface area contributed by atoms with Crippen LogP contribution in [0.3, 0.4) is 0 Å². The van der Waals surface area contributed by atoms with Crippen LogP contribution in [0.4, 0.5) is 5.69 Å². The van der Waals surface area contributed by atoms with Crippen molar-refractivity contribution in [3.05, 3.63) is 17.8 Å². The largest absolute Gasteiger partial charge is 0.478 e. The number of hydrogen-bond acceptors (Lipinski definition) is 4. The Kier molecular flexibility index (Phi) is 7.32. The normalized spacial score (nSPS) is 13.5. The fraction of sp³-hybridized carbons (Fsp3) is 0.647. The van der Waals surface area contributed by atoms with Crippen LogP contribution in [-0.2, 0) is 9.53 Å². The maximum absolute atomic E-state index is 12.5. The SMILES string of the molecule is CCCCCC(C)(OC)C(=O)Nc1ccc(OCC)nc1C. The highest BCUT2D eigenvalue weighted by atomic mass is 16.5. The van der Waals surface area contributed by atoms with Crippen molar-refractivity contribution < 1.29 is 14.3 Å². The summed E-state index contributed by atoms with van der Waals surface area (Å²) in [7, 11) is 1.58. The number of rotatable bonds is 9. The Hall–Kier alpha value is -1.62. The topological polar surface area (TPSA) is 60.5 Å². The molecule has 22 heavy (non-hydrogen) atoms. The van der Waals surface area contributed by atoms with E-state index in [4.69, 9.17) is 9.47 Å². The number of nitrogens with one attached hydrogen (secondary N) is 1. The third kappa shape index (κ3) is 4.98. The quantitative estimate of drug-likeness (QED) is 0.706. The second-order valence-electron chi connectivity index (χ2n) is 5.56. The first kappa shape index (κ1) is 18.4. The molecule has 1 amide bonds. The Labute approximate surface area is 133 Å². The van der Waals surface area contributed by atoms with Crippen LogP contribution in [0.5, 0.6) is 5.88 Å². The van der Waals surface area contributed by atoms with Gasteiger partial charge in [0.25, 0.3) is 5.91 Å². The molecule has 0 fully saturated rings. The molecule has 0 radical (unpaired) electrons. The molecular formula is C17H28N2O3. The minimum atomic E-state index is -0.819. The lowest BCUT2D eigenvalue weighted by atomic mass is 9.97. The lowest BCUT2D eigenvalue weighted by Gasteiger charge is -2.27. The molecule has 0 aromatic carbocycles. The Bertz CT molecular complexity index is 491. The number of aryl methyl sites for hydroxylation is 1. The minimum Gasteiger partial charge on any atom is -0.478 e. The fourth-order valence-corrected chi connectivity index (χ4v) is 2.17. The molecule has 0 aliphatic heterocycles. The standard InChI is InChI=1S/C17H28N2O3/c1-6-8-9-12-17(4,21-5)16(20)19-14-10-11-15(22-7-2)18-13(14)3/h10-11H,6-9,12H2,1-5H3,(H,19,20). The van der Waals surface area contributed by atoms with E-state index in [2.05, 4.69) is 17.2 Å². The predicted molar refractivity (Wildman–Crippen MR) is 88.3 cm³/mol. The zero-order valence-electron chi connectivity index (χ0n) is 14.4. The lowest BCUT2D eigenvalue weighted by Crippen LogP contribution is -2.42. The molecule has 0 saturated heterocycles. The summed E-state index contributed by atoms with van der Waals surface area (Å²) in [5.74, 6) is 0.426. The monoisotopic (exact) mass is 308 g/mol. The number of nitrogens with zero attached hydrogens (tertiary/aromatic N) is 1. The summed E-state index contributed by atoms with van der Waals surface area (Å²) in [6.45, 7) is 8.29. The van der Waals surface area contributed by atoms with E-state index in [9.17, 15) is 4.79 Å². The molecule has 0 spiro atoms. The number of ether oxygens (including phenoxy) is 2. The average Bonchev–Trinajstić information content (AvgIpc) is 2.50. The van der Waals surface area contributed by atoms with Gasteiger partial charge in [-0.05, 0) is 33.3 Å². The van der Waals surface area contributed by atoms with Crippen LogP contribution < -0.4 is 10.1 Å². The first-order valence-electron chi connectivity index (χ1n) is 7.93. The van der Waals surface area contributed by atoms with Crippen LogP contribution in [0.2, 0.25) is 0 Å². The van der Waals surface area contributed by atoms with Crippen LogP contribution in [0.1, 0.15) is 52.1 Å². The van der Waals surface area contributed by atoms with Gasteiger partial charge in [0.15, 0.2) is 0 Å². The van der Waals surface area contributed by atoms with E-state index in [0.717, 1.165) is 25.0 Å². The maximum atomic E-state index is 12.5. The molecule has 1 N–H and O–H groups in total. The summed E-state index contributed by atoms with van der Waals surface area (Å²) in [6.07, 6.45) is 3.88. The smallest absolute Gasteiger partial charge is 0.256 e. The van der Waals surface area contributed by atoms with Gasteiger partial charge in [-0.15, -0.1) is 0 Å². The molecule has 5 heteroatoms. The molecule has 124 valence electrons. The summed E-state index contributed by atoms with van der Waals surface area (Å²) >= 11 is 0. The molecule has 0 aliphatic rings. The summed E-state index contributed by atoms with van der Waals surface area (Å²) in [4.78, 5) is 16.8. The Balaban J connectivity index is 2.77. The fourth-order valence-electron chi connectivity index (χ4n) is 2.17. The van der Waals surface area contributed by atoms with E-state index in [1.807, 2.05) is 26.8 Å². The number of unbranched alkanes of at least 4 members (excludes halogenated alkanes) is 2. The van der Waals surface area contributed by atoms with Gasteiger partial charge >= 0.3 is 0 Å². The van der Waals surface area contributed by atoms with Gasteiger partial charge in [0.05, 0.1) is 18.0 Å². The van der Waals surface area contributed by atoms with Crippen LogP contribution in [0, 0.1) is 6.92 Å². The Morgan fingerprint density at radius 2 is 2.05 bits per heavy atom. The second kappa shape index (κ2) is 8.73. The molecule has 1 unspecified atom stereocenters. The van der Waals surface area contributed by atoms with E-state index in [1.54, 1.807) is 13.2 Å². The molecule has 1 aromatic rings. The number of carbonyl (C=O) groups is 1. The summed E-state index contributed by atoms with van der Waals surface area (Å²) in [5, 5.41) is 2.92. The van der Waals surface area contributed by atoms with Gasteiger partial charge in [0.2, 0.25) is 5.88 Å². The van der Waals surface area contributed by atoms with Crippen LogP contribution >= 0.6 is 0 Å². The highest BCUT2D eigenvalue weighted by Gasteiger charge is 2.32. The molecule has 1 aromatic heterocycles. The lowest BCUT2D eigenvalue weighted by molar-refractivity contribution is -0.136. The van der Waals surface area contributed by atoms with Crippen molar-refractivity contribution in [1.29, 1.82) is 0 Å². The molecule has 0 saturated carbocycles. The number of amides is 1. The first-order valence-corrected chi connectivity index (χ1v) is 7.93. The van der Waals surface area contributed by atoms with Crippen molar-refractivity contribution in [1.82, 2.24) is 4.98 Å². The van der Waals surface area contributed by atoms with Crippen molar-refractivity contribution in [2.45, 2.75) is 59.0 Å². The summed E-state index contributed by atoms with van der Waals surface area (Å²) < 4.78 is 10.8. The summed E-state index contributed by atoms with van der Waals surface area (Å²) in [5.41, 5.74) is 0.596. The van der Waals surface area contributed by atoms with Crippen molar-refractivity contribution in [3.8, 4) is 5.88 Å². The first-order chi connectivity index (χ1) is 10.5. The van der Waals surface area contributed by atoms with Crippen molar-refractivity contribution in [2.24, 2.45) is 0 Å². The highest BCUT2D eigenvalue weighted by Crippen LogP contribution is 2.23. The van der Waals surface area contributed by atoms with E-state index in [0.29, 0.717) is 24.6 Å². The van der Waals surface area contributed by atoms with Gasteiger partial charge in [-0.2, -0.15) is 0 Å². The molecule has 0 bridgehead atoms. The zero-order chi connectivity index (χ0) is 16.6. The van der Waals surface area contributed by atoms with Crippen molar-refractivity contribution in [2.75, 3.05) is 19.0 Å². The van der Waals surface area contributed by atoms with Crippen molar-refractivity contribution >= 4 is 11.6 Å². The molecule has 1 atom stereocenters. The second-order valence-corrected chi connectivity index (χ2v) is 5.56. The van der Waals surface area contributed by atoms with Gasteiger partial charge in [0, 0.05) is 13.2 Å². The van der Waals surface area contributed by atoms with E-state index < -0.39 is 5.60 Å². The van der Waals surface area contributed by atoms with Crippen LogP contribution in [0.15, 0.2) is 12.1 Å². The third-order valence-electron chi connectivity index (χ3n) is 3.79. The molecule has 5 nitrogen and oxygen atoms in total. The van der Waals surface area contributed by atoms with Gasteiger partial charge < -0.3 is 14.8 Å². The number of methoxy groups -OCH3 is 1. The van der Waals surface area contributed by atoms with E-state index in [-0.39, 0.29) is 5.91 Å². The number of aromatic nitrogens is 1. The van der Waals surface area contributed by atoms with E-state index >= 15 is 0 Å². The van der Waals surface area contributed by atoms with E-state index in [1.165, 1.54) is 0 Å². The van der Waals surface area contributed by atoms with Crippen LogP contribution in [0.25, 0.3) is 0 Å². The highest BCUT2D eigenvalue weighted by molar-refractivity contribution is 5.97. The molecule has 1 rings (SSSR count). The third-order valence-corrected chi connectivity index (χ3v) is 3.79. The van der Waals surface area contributed by atoms with Gasteiger partial charge in [-0.25, -0.2) is 4.98 Å². The summed E-state index contributed by atoms with van der Waals surface area (Å²) in [6, 6.07) is 3.57. The number of anilines is 1. The molecule has 1 heterocycles. The molecule has 0 aliphatic carbocycles.